The van der Waals surface area contributed by atoms with Gasteiger partial charge in [0.15, 0.2) is 6.10 Å². The van der Waals surface area contributed by atoms with Gasteiger partial charge in [-0.1, -0.05) is 44.2 Å². The zero-order valence-electron chi connectivity index (χ0n) is 23.1. The van der Waals surface area contributed by atoms with Crippen LogP contribution in [0.4, 0.5) is 0 Å². The molecule has 1 aromatic rings. The molecule has 0 bridgehead atoms. The third-order valence-corrected chi connectivity index (χ3v) is 6.30. The minimum absolute atomic E-state index is 0.0657. The van der Waals surface area contributed by atoms with E-state index in [1.807, 2.05) is 0 Å². The Hall–Kier alpha value is -3.14. The molecular formula is C26H42N4O10. The first-order valence-corrected chi connectivity index (χ1v) is 12.8. The van der Waals surface area contributed by atoms with E-state index in [0.717, 1.165) is 0 Å². The van der Waals surface area contributed by atoms with Crippen molar-refractivity contribution in [3.05, 3.63) is 35.9 Å². The summed E-state index contributed by atoms with van der Waals surface area (Å²) in [7, 11) is 1.37. The Bertz CT molecular complexity index is 964. The van der Waals surface area contributed by atoms with Crippen molar-refractivity contribution in [2.75, 3.05) is 13.7 Å². The van der Waals surface area contributed by atoms with Crippen molar-refractivity contribution < 1.29 is 49.4 Å². The molecule has 0 aliphatic rings. The molecule has 14 heteroatoms. The molecule has 0 aliphatic carbocycles. The average Bonchev–Trinajstić information content (AvgIpc) is 2.92. The predicted octanol–water partition coefficient (Wildman–Crippen LogP) is -2.23. The van der Waals surface area contributed by atoms with Crippen LogP contribution < -0.4 is 21.7 Å². The second kappa shape index (κ2) is 16.8. The SMILES string of the molecule is COC(C)[C@H](N)C(=O)N[C@@H](CC(C)C)C(=O)N[C@@H](CO)[C@@H](O)[C@@H](O)[C@H](O)C(=O)N[C@@H](CC(=O)O)c1ccccc1. The fraction of sp³-hybridized carbons (Fsp3) is 0.615. The Morgan fingerprint density at radius 2 is 1.50 bits per heavy atom. The summed E-state index contributed by atoms with van der Waals surface area (Å²) in [5.41, 5.74) is 6.28. The number of carboxylic acids is 1. The van der Waals surface area contributed by atoms with Gasteiger partial charge in [-0.25, -0.2) is 0 Å². The maximum Gasteiger partial charge on any atom is 0.305 e. The Kier molecular flexibility index (Phi) is 14.7. The molecule has 1 rings (SSSR count). The van der Waals surface area contributed by atoms with Crippen molar-refractivity contribution in [3.63, 3.8) is 0 Å². The van der Waals surface area contributed by atoms with Crippen molar-refractivity contribution in [1.29, 1.82) is 0 Å². The van der Waals surface area contributed by atoms with Crippen molar-refractivity contribution in [2.24, 2.45) is 11.7 Å². The summed E-state index contributed by atoms with van der Waals surface area (Å²) in [4.78, 5) is 49.4. The fourth-order valence-corrected chi connectivity index (χ4v) is 3.80. The lowest BCUT2D eigenvalue weighted by Crippen LogP contribution is -2.60. The molecule has 40 heavy (non-hydrogen) atoms. The van der Waals surface area contributed by atoms with E-state index in [1.165, 1.54) is 7.11 Å². The normalized spacial score (nSPS) is 17.4. The van der Waals surface area contributed by atoms with Gasteiger partial charge in [0, 0.05) is 7.11 Å². The number of carbonyl (C=O) groups excluding carboxylic acids is 3. The van der Waals surface area contributed by atoms with Crippen LogP contribution in [0.25, 0.3) is 0 Å². The largest absolute Gasteiger partial charge is 0.481 e. The summed E-state index contributed by atoms with van der Waals surface area (Å²) in [6.45, 7) is 4.28. The van der Waals surface area contributed by atoms with Gasteiger partial charge in [0.2, 0.25) is 11.8 Å². The number of aliphatic hydroxyl groups is 4. The lowest BCUT2D eigenvalue weighted by Gasteiger charge is -2.31. The zero-order valence-corrected chi connectivity index (χ0v) is 23.1. The molecule has 0 aliphatic heterocycles. The highest BCUT2D eigenvalue weighted by Crippen LogP contribution is 2.18. The van der Waals surface area contributed by atoms with Gasteiger partial charge in [-0.2, -0.15) is 0 Å². The number of aliphatic carboxylic acids is 1. The molecule has 0 aromatic heterocycles. The first kappa shape index (κ1) is 34.9. The molecule has 1 aromatic carbocycles. The minimum atomic E-state index is -2.25. The van der Waals surface area contributed by atoms with Crippen LogP contribution in [0.1, 0.15) is 45.2 Å². The number of ether oxygens (including phenoxy) is 1. The van der Waals surface area contributed by atoms with Gasteiger partial charge in [-0.3, -0.25) is 19.2 Å². The molecular weight excluding hydrogens is 528 g/mol. The van der Waals surface area contributed by atoms with E-state index in [1.54, 1.807) is 51.1 Å². The van der Waals surface area contributed by atoms with Crippen LogP contribution in [-0.4, -0.2) is 105 Å². The van der Waals surface area contributed by atoms with Crippen LogP contribution in [0.15, 0.2) is 30.3 Å². The molecule has 10 N–H and O–H groups in total. The Balaban J connectivity index is 2.96. The van der Waals surface area contributed by atoms with Crippen molar-refractivity contribution in [3.8, 4) is 0 Å². The van der Waals surface area contributed by atoms with E-state index >= 15 is 0 Å². The number of hydrogen-bond acceptors (Lipinski definition) is 10. The number of methoxy groups -OCH3 is 1. The monoisotopic (exact) mass is 570 g/mol. The van der Waals surface area contributed by atoms with Gasteiger partial charge in [0.05, 0.1) is 31.2 Å². The van der Waals surface area contributed by atoms with E-state index in [4.69, 9.17) is 10.5 Å². The number of hydrogen-bond donors (Lipinski definition) is 9. The maximum atomic E-state index is 13.0. The number of aliphatic hydroxyl groups excluding tert-OH is 4. The van der Waals surface area contributed by atoms with Gasteiger partial charge in [0.25, 0.3) is 5.91 Å². The number of carbonyl (C=O) groups is 4. The van der Waals surface area contributed by atoms with Crippen LogP contribution in [0.5, 0.6) is 0 Å². The lowest BCUT2D eigenvalue weighted by atomic mass is 9.98. The maximum absolute atomic E-state index is 13.0. The van der Waals surface area contributed by atoms with E-state index in [-0.39, 0.29) is 12.3 Å². The summed E-state index contributed by atoms with van der Waals surface area (Å²) >= 11 is 0. The molecule has 14 nitrogen and oxygen atoms in total. The molecule has 0 radical (unpaired) electrons. The van der Waals surface area contributed by atoms with Gasteiger partial charge >= 0.3 is 5.97 Å². The van der Waals surface area contributed by atoms with Crippen LogP contribution >= 0.6 is 0 Å². The lowest BCUT2D eigenvalue weighted by molar-refractivity contribution is -0.145. The number of amides is 3. The first-order chi connectivity index (χ1) is 18.7. The smallest absolute Gasteiger partial charge is 0.305 e. The van der Waals surface area contributed by atoms with Gasteiger partial charge in [-0.15, -0.1) is 0 Å². The van der Waals surface area contributed by atoms with Crippen LogP contribution in [-0.2, 0) is 23.9 Å². The summed E-state index contributed by atoms with van der Waals surface area (Å²) < 4.78 is 5.04. The second-order valence-electron chi connectivity index (χ2n) is 9.95. The van der Waals surface area contributed by atoms with Gasteiger partial charge in [0.1, 0.15) is 24.3 Å². The van der Waals surface area contributed by atoms with E-state index in [9.17, 15) is 44.7 Å². The Morgan fingerprint density at radius 1 is 0.900 bits per heavy atom. The zero-order chi connectivity index (χ0) is 30.6. The van der Waals surface area contributed by atoms with Crippen LogP contribution in [0.2, 0.25) is 0 Å². The summed E-state index contributed by atoms with van der Waals surface area (Å²) in [6.07, 6.45) is -7.47. The third-order valence-electron chi connectivity index (χ3n) is 6.30. The molecule has 1 unspecified atom stereocenters. The molecule has 8 atom stereocenters. The number of rotatable bonds is 17. The highest BCUT2D eigenvalue weighted by Gasteiger charge is 2.38. The molecule has 0 saturated heterocycles. The van der Waals surface area contributed by atoms with Gasteiger partial charge < -0.3 is 52.0 Å². The highest BCUT2D eigenvalue weighted by molar-refractivity contribution is 5.90. The fourth-order valence-electron chi connectivity index (χ4n) is 3.80. The molecule has 0 heterocycles. The standard InChI is InChI=1S/C26H42N4O10/c1-13(2)10-17(29-25(38)20(27)14(3)40-4)24(37)30-18(12-31)21(34)22(35)23(36)26(39)28-16(11-19(32)33)15-8-6-5-7-9-15/h5-9,13-14,16-18,20-23,31,34-36H,10-12,27H2,1-4H3,(H,28,39)(H,29,38)(H,30,37)(H,32,33)/t14?,16-,17-,18-,20-,21+,22+,23-/m0/s1. The van der Waals surface area contributed by atoms with E-state index < -0.39 is 85.3 Å². The van der Waals surface area contributed by atoms with Crippen molar-refractivity contribution in [2.45, 2.75) is 82.2 Å². The Morgan fingerprint density at radius 3 is 2.00 bits per heavy atom. The number of benzene rings is 1. The summed E-state index contributed by atoms with van der Waals surface area (Å²) in [6, 6.07) is 3.27. The minimum Gasteiger partial charge on any atom is -0.481 e. The first-order valence-electron chi connectivity index (χ1n) is 12.8. The van der Waals surface area contributed by atoms with E-state index in [2.05, 4.69) is 16.0 Å². The highest BCUT2D eigenvalue weighted by atomic mass is 16.5. The van der Waals surface area contributed by atoms with Crippen molar-refractivity contribution in [1.82, 2.24) is 16.0 Å². The molecule has 0 fully saturated rings. The molecule has 0 saturated carbocycles. The van der Waals surface area contributed by atoms with Crippen LogP contribution in [0.3, 0.4) is 0 Å². The molecule has 0 spiro atoms. The Labute approximate surface area is 232 Å². The number of carboxylic acid groups (broad SMARTS) is 1. The third kappa shape index (κ3) is 10.8. The average molecular weight is 571 g/mol. The van der Waals surface area contributed by atoms with Crippen molar-refractivity contribution >= 4 is 23.7 Å². The number of nitrogens with one attached hydrogen (secondary N) is 3. The predicted molar refractivity (Wildman–Crippen MR) is 142 cm³/mol. The second-order valence-corrected chi connectivity index (χ2v) is 9.95. The van der Waals surface area contributed by atoms with E-state index in [0.29, 0.717) is 5.56 Å². The van der Waals surface area contributed by atoms with Crippen LogP contribution in [0, 0.1) is 5.92 Å². The quantitative estimate of drug-likeness (QED) is 0.0971. The summed E-state index contributed by atoms with van der Waals surface area (Å²) in [5.74, 6) is -3.96. The number of nitrogens with two attached hydrogens (primary N) is 1. The molecule has 3 amide bonds. The summed E-state index contributed by atoms with van der Waals surface area (Å²) in [5, 5.41) is 57.6. The topological polar surface area (TPSA) is 241 Å². The van der Waals surface area contributed by atoms with Gasteiger partial charge in [-0.05, 0) is 24.8 Å². The molecule has 226 valence electrons.